The van der Waals surface area contributed by atoms with Crippen LogP contribution in [0.1, 0.15) is 57.8 Å². The lowest BCUT2D eigenvalue weighted by Gasteiger charge is -2.44. The molecule has 0 atom stereocenters. The zero-order valence-electron chi connectivity index (χ0n) is 11.5. The summed E-state index contributed by atoms with van der Waals surface area (Å²) in [5.74, 6) is -1.04. The fourth-order valence-corrected chi connectivity index (χ4v) is 3.93. The average Bonchev–Trinajstić information content (AvgIpc) is 3.21. The molecule has 1 aliphatic heterocycles. The number of carbonyl (C=O) groups is 2. The van der Waals surface area contributed by atoms with Gasteiger partial charge in [-0.1, -0.05) is 19.3 Å². The Hall–Kier alpha value is -1.06. The number of carboxylic acid groups (broad SMARTS) is 1. The molecular formula is C15H23NO3. The number of hydrogen-bond acceptors (Lipinski definition) is 2. The van der Waals surface area contributed by atoms with Crippen LogP contribution in [0.3, 0.4) is 0 Å². The van der Waals surface area contributed by atoms with Gasteiger partial charge in [-0.25, -0.2) is 0 Å². The SMILES string of the molecule is O=C(O)C1(C(=O)N2CCC3(CCCCC3)CC2)CC1. The number of likely N-dealkylation sites (tertiary alicyclic amines) is 1. The van der Waals surface area contributed by atoms with Gasteiger partial charge in [0.15, 0.2) is 0 Å². The molecular weight excluding hydrogens is 242 g/mol. The molecule has 0 aromatic heterocycles. The molecule has 106 valence electrons. The van der Waals surface area contributed by atoms with Crippen LogP contribution in [-0.4, -0.2) is 35.0 Å². The number of hydrogen-bond donors (Lipinski definition) is 1. The van der Waals surface area contributed by atoms with E-state index in [1.165, 1.54) is 32.1 Å². The Morgan fingerprint density at radius 3 is 1.89 bits per heavy atom. The largest absolute Gasteiger partial charge is 0.480 e. The van der Waals surface area contributed by atoms with E-state index < -0.39 is 11.4 Å². The molecule has 3 aliphatic rings. The molecule has 0 radical (unpaired) electrons. The first-order valence-corrected chi connectivity index (χ1v) is 7.61. The smallest absolute Gasteiger partial charge is 0.319 e. The minimum Gasteiger partial charge on any atom is -0.480 e. The molecule has 0 aromatic carbocycles. The van der Waals surface area contributed by atoms with Crippen LogP contribution >= 0.6 is 0 Å². The first-order valence-electron chi connectivity index (χ1n) is 7.61. The monoisotopic (exact) mass is 265 g/mol. The van der Waals surface area contributed by atoms with Crippen molar-refractivity contribution in [1.29, 1.82) is 0 Å². The lowest BCUT2D eigenvalue weighted by Crippen LogP contribution is -2.48. The zero-order valence-corrected chi connectivity index (χ0v) is 11.5. The fourth-order valence-electron chi connectivity index (χ4n) is 3.93. The van der Waals surface area contributed by atoms with Gasteiger partial charge in [-0.2, -0.15) is 0 Å². The highest BCUT2D eigenvalue weighted by Crippen LogP contribution is 2.50. The molecule has 3 fully saturated rings. The Bertz CT molecular complexity index is 384. The number of carboxylic acids is 1. The van der Waals surface area contributed by atoms with E-state index in [0.717, 1.165) is 25.9 Å². The number of aliphatic carboxylic acids is 1. The minimum atomic E-state index is -1.04. The molecule has 1 amide bonds. The molecule has 0 aromatic rings. The molecule has 3 rings (SSSR count). The van der Waals surface area contributed by atoms with Crippen molar-refractivity contribution in [1.82, 2.24) is 4.90 Å². The van der Waals surface area contributed by atoms with Crippen molar-refractivity contribution in [3.63, 3.8) is 0 Å². The summed E-state index contributed by atoms with van der Waals surface area (Å²) in [6.07, 6.45) is 9.83. The number of carbonyl (C=O) groups excluding carboxylic acids is 1. The molecule has 1 N–H and O–H groups in total. The topological polar surface area (TPSA) is 57.6 Å². The van der Waals surface area contributed by atoms with Gasteiger partial charge in [-0.05, 0) is 43.9 Å². The van der Waals surface area contributed by atoms with Gasteiger partial charge in [-0.3, -0.25) is 9.59 Å². The summed E-state index contributed by atoms with van der Waals surface area (Å²) < 4.78 is 0. The molecule has 1 spiro atoms. The second-order valence-corrected chi connectivity index (χ2v) is 6.74. The highest BCUT2D eigenvalue weighted by Gasteiger charge is 2.59. The summed E-state index contributed by atoms with van der Waals surface area (Å²) in [6, 6.07) is 0. The minimum absolute atomic E-state index is 0.120. The van der Waals surface area contributed by atoms with Gasteiger partial charge in [0.1, 0.15) is 5.41 Å². The summed E-state index contributed by atoms with van der Waals surface area (Å²) in [6.45, 7) is 1.54. The van der Waals surface area contributed by atoms with E-state index in [1.54, 1.807) is 0 Å². The molecule has 1 heterocycles. The van der Waals surface area contributed by atoms with Crippen molar-refractivity contribution in [2.24, 2.45) is 10.8 Å². The van der Waals surface area contributed by atoms with E-state index in [1.807, 2.05) is 4.90 Å². The highest BCUT2D eigenvalue weighted by atomic mass is 16.4. The summed E-state index contributed by atoms with van der Waals surface area (Å²) in [5, 5.41) is 9.20. The summed E-state index contributed by atoms with van der Waals surface area (Å²) in [4.78, 5) is 25.4. The Kier molecular flexibility index (Phi) is 3.06. The third kappa shape index (κ3) is 2.15. The third-order valence-corrected chi connectivity index (χ3v) is 5.59. The Balaban J connectivity index is 1.61. The van der Waals surface area contributed by atoms with E-state index >= 15 is 0 Å². The van der Waals surface area contributed by atoms with Crippen LogP contribution in [0.25, 0.3) is 0 Å². The van der Waals surface area contributed by atoms with Crippen LogP contribution in [0.15, 0.2) is 0 Å². The first-order chi connectivity index (χ1) is 9.08. The van der Waals surface area contributed by atoms with Crippen molar-refractivity contribution in [2.45, 2.75) is 57.8 Å². The van der Waals surface area contributed by atoms with Crippen molar-refractivity contribution in [3.8, 4) is 0 Å². The van der Waals surface area contributed by atoms with Crippen LogP contribution in [0.5, 0.6) is 0 Å². The third-order valence-electron chi connectivity index (χ3n) is 5.59. The molecule has 19 heavy (non-hydrogen) atoms. The highest BCUT2D eigenvalue weighted by molar-refractivity contribution is 6.04. The summed E-state index contributed by atoms with van der Waals surface area (Å²) in [5.41, 5.74) is -0.577. The second-order valence-electron chi connectivity index (χ2n) is 6.74. The van der Waals surface area contributed by atoms with Crippen molar-refractivity contribution in [2.75, 3.05) is 13.1 Å². The van der Waals surface area contributed by atoms with Crippen LogP contribution in [0.4, 0.5) is 0 Å². The predicted octanol–water partition coefficient (Wildman–Crippen LogP) is 2.42. The number of rotatable bonds is 2. The Morgan fingerprint density at radius 1 is 0.842 bits per heavy atom. The van der Waals surface area contributed by atoms with E-state index in [9.17, 15) is 14.7 Å². The van der Waals surface area contributed by atoms with Crippen molar-refractivity contribution >= 4 is 11.9 Å². The van der Waals surface area contributed by atoms with Crippen LogP contribution in [-0.2, 0) is 9.59 Å². The number of amides is 1. The lowest BCUT2D eigenvalue weighted by atomic mass is 9.68. The molecule has 2 saturated carbocycles. The van der Waals surface area contributed by atoms with Gasteiger partial charge in [0.05, 0.1) is 0 Å². The van der Waals surface area contributed by atoms with Crippen LogP contribution in [0, 0.1) is 10.8 Å². The number of nitrogens with zero attached hydrogens (tertiary/aromatic N) is 1. The summed E-state index contributed by atoms with van der Waals surface area (Å²) in [7, 11) is 0. The zero-order chi connectivity index (χ0) is 13.5. The lowest BCUT2D eigenvalue weighted by molar-refractivity contribution is -0.154. The quantitative estimate of drug-likeness (QED) is 0.780. The fraction of sp³-hybridized carbons (Fsp3) is 0.867. The number of piperidine rings is 1. The van der Waals surface area contributed by atoms with E-state index in [0.29, 0.717) is 18.3 Å². The van der Waals surface area contributed by atoms with Crippen molar-refractivity contribution in [3.05, 3.63) is 0 Å². The van der Waals surface area contributed by atoms with Crippen LogP contribution in [0.2, 0.25) is 0 Å². The average molecular weight is 265 g/mol. The normalized spacial score (nSPS) is 28.1. The van der Waals surface area contributed by atoms with Crippen molar-refractivity contribution < 1.29 is 14.7 Å². The maximum atomic E-state index is 12.3. The first kappa shape index (κ1) is 12.9. The predicted molar refractivity (Wildman–Crippen MR) is 70.6 cm³/mol. The standard InChI is InChI=1S/C15H23NO3/c17-12(15(6-7-15)13(18)19)16-10-8-14(9-11-16)4-2-1-3-5-14/h1-11H2,(H,18,19). The molecule has 0 unspecified atom stereocenters. The van der Waals surface area contributed by atoms with E-state index in [-0.39, 0.29) is 5.91 Å². The van der Waals surface area contributed by atoms with Gasteiger partial charge in [0, 0.05) is 13.1 Å². The van der Waals surface area contributed by atoms with Crippen LogP contribution < -0.4 is 0 Å². The Labute approximate surface area is 114 Å². The molecule has 4 heteroatoms. The Morgan fingerprint density at radius 2 is 1.42 bits per heavy atom. The van der Waals surface area contributed by atoms with Gasteiger partial charge in [-0.15, -0.1) is 0 Å². The van der Waals surface area contributed by atoms with E-state index in [4.69, 9.17) is 0 Å². The van der Waals surface area contributed by atoms with Gasteiger partial charge in [0.25, 0.3) is 0 Å². The van der Waals surface area contributed by atoms with Gasteiger partial charge in [0.2, 0.25) is 5.91 Å². The maximum Gasteiger partial charge on any atom is 0.319 e. The maximum absolute atomic E-state index is 12.3. The molecule has 2 aliphatic carbocycles. The van der Waals surface area contributed by atoms with Gasteiger partial charge < -0.3 is 10.0 Å². The van der Waals surface area contributed by atoms with E-state index in [2.05, 4.69) is 0 Å². The molecule has 0 bridgehead atoms. The van der Waals surface area contributed by atoms with Gasteiger partial charge >= 0.3 is 5.97 Å². The summed E-state index contributed by atoms with van der Waals surface area (Å²) >= 11 is 0. The molecule has 1 saturated heterocycles. The second kappa shape index (κ2) is 4.50. The molecule has 4 nitrogen and oxygen atoms in total.